The summed E-state index contributed by atoms with van der Waals surface area (Å²) < 4.78 is 5.14. The van der Waals surface area contributed by atoms with E-state index in [0.717, 1.165) is 28.3 Å². The van der Waals surface area contributed by atoms with Crippen LogP contribution >= 0.6 is 0 Å². The van der Waals surface area contributed by atoms with E-state index >= 15 is 0 Å². The number of carbonyl (C=O) groups excluding carboxylic acids is 1. The van der Waals surface area contributed by atoms with Crippen molar-refractivity contribution < 1.29 is 9.53 Å². The molecule has 0 fully saturated rings. The van der Waals surface area contributed by atoms with Crippen LogP contribution in [0.3, 0.4) is 0 Å². The average Bonchev–Trinajstić information content (AvgIpc) is 2.90. The highest BCUT2D eigenvalue weighted by atomic mass is 16.5. The maximum absolute atomic E-state index is 12.2. The Morgan fingerprint density at radius 3 is 2.33 bits per heavy atom. The molecule has 3 rings (SSSR count). The first-order valence-corrected chi connectivity index (χ1v) is 6.79. The molecule has 106 valence electrons. The first-order chi connectivity index (χ1) is 10.2. The number of methoxy groups -OCH3 is 1. The molecule has 0 unspecified atom stereocenters. The summed E-state index contributed by atoms with van der Waals surface area (Å²) in [6.07, 6.45) is 0.320. The van der Waals surface area contributed by atoms with Crippen molar-refractivity contribution in [2.24, 2.45) is 5.10 Å². The lowest BCUT2D eigenvalue weighted by molar-refractivity contribution is -0.116. The molecule has 0 atom stereocenters. The van der Waals surface area contributed by atoms with E-state index in [2.05, 4.69) is 5.10 Å². The zero-order chi connectivity index (χ0) is 14.8. The number of anilines is 1. The van der Waals surface area contributed by atoms with Gasteiger partial charge in [0.1, 0.15) is 5.75 Å². The van der Waals surface area contributed by atoms with Crippen molar-refractivity contribution in [1.29, 1.82) is 0 Å². The predicted octanol–water partition coefficient (Wildman–Crippen LogP) is 3.14. The number of amides is 1. The Hall–Kier alpha value is -2.62. The predicted molar refractivity (Wildman–Crippen MR) is 82.8 cm³/mol. The molecule has 2 aromatic rings. The Labute approximate surface area is 123 Å². The lowest BCUT2D eigenvalue weighted by Gasteiger charge is -2.11. The van der Waals surface area contributed by atoms with Gasteiger partial charge in [0, 0.05) is 0 Å². The third-order valence-electron chi connectivity index (χ3n) is 3.48. The molecule has 1 aliphatic heterocycles. The number of hydrogen-bond acceptors (Lipinski definition) is 3. The normalized spacial score (nSPS) is 14.3. The van der Waals surface area contributed by atoms with Crippen LogP contribution in [0, 0.1) is 6.92 Å². The first kappa shape index (κ1) is 13.4. The molecule has 0 radical (unpaired) electrons. The van der Waals surface area contributed by atoms with Gasteiger partial charge >= 0.3 is 0 Å². The fourth-order valence-corrected chi connectivity index (χ4v) is 2.26. The van der Waals surface area contributed by atoms with Crippen LogP contribution in [0.1, 0.15) is 17.5 Å². The molecule has 0 N–H and O–H groups in total. The Morgan fingerprint density at radius 1 is 1.05 bits per heavy atom. The number of rotatable bonds is 3. The summed E-state index contributed by atoms with van der Waals surface area (Å²) in [6.45, 7) is 2.02. The van der Waals surface area contributed by atoms with E-state index in [0.29, 0.717) is 6.42 Å². The van der Waals surface area contributed by atoms with Gasteiger partial charge in [0.05, 0.1) is 24.9 Å². The number of hydrazone groups is 1. The maximum atomic E-state index is 12.2. The van der Waals surface area contributed by atoms with E-state index < -0.39 is 0 Å². The minimum Gasteiger partial charge on any atom is -0.497 e. The van der Waals surface area contributed by atoms with Gasteiger partial charge in [0.2, 0.25) is 0 Å². The van der Waals surface area contributed by atoms with E-state index in [9.17, 15) is 4.79 Å². The largest absolute Gasteiger partial charge is 0.497 e. The van der Waals surface area contributed by atoms with Crippen molar-refractivity contribution in [3.63, 3.8) is 0 Å². The van der Waals surface area contributed by atoms with Gasteiger partial charge in [-0.05, 0) is 48.9 Å². The van der Waals surface area contributed by atoms with E-state index in [1.54, 1.807) is 7.11 Å². The number of aryl methyl sites for hydroxylation is 1. The molecule has 1 heterocycles. The van der Waals surface area contributed by atoms with Crippen LogP contribution < -0.4 is 9.75 Å². The SMILES string of the molecule is COc1ccc(C2=NN(c3ccc(C)cc3)C(=O)C2)cc1. The van der Waals surface area contributed by atoms with Gasteiger partial charge in [-0.25, -0.2) is 5.01 Å². The second kappa shape index (κ2) is 5.40. The summed E-state index contributed by atoms with van der Waals surface area (Å²) >= 11 is 0. The number of nitrogens with zero attached hydrogens (tertiary/aromatic N) is 2. The van der Waals surface area contributed by atoms with Gasteiger partial charge in [-0.1, -0.05) is 17.7 Å². The summed E-state index contributed by atoms with van der Waals surface area (Å²) in [5.41, 5.74) is 3.68. The number of hydrogen-bond donors (Lipinski definition) is 0. The average molecular weight is 280 g/mol. The highest BCUT2D eigenvalue weighted by Gasteiger charge is 2.25. The number of carbonyl (C=O) groups is 1. The molecule has 0 spiro atoms. The van der Waals surface area contributed by atoms with E-state index in [1.807, 2.05) is 55.5 Å². The van der Waals surface area contributed by atoms with Gasteiger partial charge in [-0.2, -0.15) is 5.10 Å². The smallest absolute Gasteiger partial charge is 0.253 e. The van der Waals surface area contributed by atoms with E-state index in [4.69, 9.17) is 4.74 Å². The van der Waals surface area contributed by atoms with Crippen molar-refractivity contribution in [3.05, 3.63) is 59.7 Å². The second-order valence-corrected chi connectivity index (χ2v) is 4.99. The van der Waals surface area contributed by atoms with Gasteiger partial charge in [0.25, 0.3) is 5.91 Å². The monoisotopic (exact) mass is 280 g/mol. The van der Waals surface area contributed by atoms with E-state index in [-0.39, 0.29) is 5.91 Å². The number of benzene rings is 2. The van der Waals surface area contributed by atoms with Crippen LogP contribution in [0.25, 0.3) is 0 Å². The van der Waals surface area contributed by atoms with Gasteiger partial charge in [0.15, 0.2) is 0 Å². The number of ether oxygens (including phenoxy) is 1. The summed E-state index contributed by atoms with van der Waals surface area (Å²) in [5, 5.41) is 5.93. The van der Waals surface area contributed by atoms with Crippen LogP contribution in [-0.2, 0) is 4.79 Å². The lowest BCUT2D eigenvalue weighted by Crippen LogP contribution is -2.19. The van der Waals surface area contributed by atoms with Gasteiger partial charge in [-0.3, -0.25) is 4.79 Å². The van der Waals surface area contributed by atoms with Crippen LogP contribution in [0.4, 0.5) is 5.69 Å². The maximum Gasteiger partial charge on any atom is 0.253 e. The molecule has 0 aromatic heterocycles. The molecule has 1 aliphatic rings. The zero-order valence-electron chi connectivity index (χ0n) is 12.0. The van der Waals surface area contributed by atoms with Crippen molar-refractivity contribution in [3.8, 4) is 5.75 Å². The van der Waals surface area contributed by atoms with Gasteiger partial charge in [-0.15, -0.1) is 0 Å². The molecule has 0 bridgehead atoms. The minimum absolute atomic E-state index is 0.00956. The zero-order valence-corrected chi connectivity index (χ0v) is 12.0. The molecule has 4 nitrogen and oxygen atoms in total. The Balaban J connectivity index is 1.89. The molecular weight excluding hydrogens is 264 g/mol. The topological polar surface area (TPSA) is 41.9 Å². The Bertz CT molecular complexity index is 688. The van der Waals surface area contributed by atoms with Crippen LogP contribution in [0.15, 0.2) is 53.6 Å². The van der Waals surface area contributed by atoms with E-state index in [1.165, 1.54) is 5.01 Å². The quantitative estimate of drug-likeness (QED) is 0.866. The lowest BCUT2D eigenvalue weighted by atomic mass is 10.1. The first-order valence-electron chi connectivity index (χ1n) is 6.79. The van der Waals surface area contributed by atoms with Crippen LogP contribution in [0.2, 0.25) is 0 Å². The highest BCUT2D eigenvalue weighted by Crippen LogP contribution is 2.24. The molecular formula is C17H16N2O2. The van der Waals surface area contributed by atoms with Crippen molar-refractivity contribution in [2.45, 2.75) is 13.3 Å². The molecule has 1 amide bonds. The van der Waals surface area contributed by atoms with Crippen LogP contribution in [0.5, 0.6) is 5.75 Å². The Kier molecular flexibility index (Phi) is 3.44. The summed E-state index contributed by atoms with van der Waals surface area (Å²) in [5.74, 6) is 0.781. The van der Waals surface area contributed by atoms with Crippen molar-refractivity contribution in [1.82, 2.24) is 0 Å². The molecule has 0 saturated heterocycles. The summed E-state index contributed by atoms with van der Waals surface area (Å²) in [7, 11) is 1.63. The molecule has 4 heteroatoms. The second-order valence-electron chi connectivity index (χ2n) is 4.99. The molecule has 0 saturated carbocycles. The fourth-order valence-electron chi connectivity index (χ4n) is 2.26. The Morgan fingerprint density at radius 2 is 1.71 bits per heavy atom. The summed E-state index contributed by atoms with van der Waals surface area (Å²) in [4.78, 5) is 12.2. The van der Waals surface area contributed by atoms with Crippen molar-refractivity contribution >= 4 is 17.3 Å². The molecule has 0 aliphatic carbocycles. The highest BCUT2D eigenvalue weighted by molar-refractivity contribution is 6.19. The third-order valence-corrected chi connectivity index (χ3v) is 3.48. The fraction of sp³-hybridized carbons (Fsp3) is 0.176. The summed E-state index contributed by atoms with van der Waals surface area (Å²) in [6, 6.07) is 15.4. The van der Waals surface area contributed by atoms with Gasteiger partial charge < -0.3 is 4.74 Å². The van der Waals surface area contributed by atoms with Crippen molar-refractivity contribution in [2.75, 3.05) is 12.1 Å². The minimum atomic E-state index is -0.00956. The molecule has 21 heavy (non-hydrogen) atoms. The standard InChI is InChI=1S/C17H16N2O2/c1-12-3-7-14(8-4-12)19-17(20)11-16(18-19)13-5-9-15(21-2)10-6-13/h3-10H,11H2,1-2H3. The molecule has 2 aromatic carbocycles. The van der Waals surface area contributed by atoms with Crippen LogP contribution in [-0.4, -0.2) is 18.7 Å². The third kappa shape index (κ3) is 2.65.